The van der Waals surface area contributed by atoms with Crippen molar-refractivity contribution in [2.24, 2.45) is 4.99 Å². The molecule has 0 aliphatic carbocycles. The van der Waals surface area contributed by atoms with Crippen LogP contribution < -0.4 is 9.47 Å². The lowest BCUT2D eigenvalue weighted by atomic mass is 9.91. The summed E-state index contributed by atoms with van der Waals surface area (Å²) in [5, 5.41) is 0. The zero-order chi connectivity index (χ0) is 29.2. The topological polar surface area (TPSA) is 86.7 Å². The molecule has 0 bridgehead atoms. The smallest absolute Gasteiger partial charge is 0.329 e. The highest BCUT2D eigenvalue weighted by molar-refractivity contribution is 5.93. The zero-order valence-electron chi connectivity index (χ0n) is 23.9. The molecule has 0 fully saturated rings. The molecule has 0 spiro atoms. The van der Waals surface area contributed by atoms with Crippen LogP contribution >= 0.6 is 0 Å². The molecule has 0 saturated carbocycles. The molecular formula is C33H36N2O6. The highest BCUT2D eigenvalue weighted by atomic mass is 16.5. The molecule has 0 aromatic heterocycles. The van der Waals surface area contributed by atoms with Gasteiger partial charge in [-0.25, -0.2) is 4.79 Å². The Morgan fingerprint density at radius 3 is 2.39 bits per heavy atom. The van der Waals surface area contributed by atoms with Crippen LogP contribution in [0.4, 0.5) is 0 Å². The molecule has 1 aliphatic heterocycles. The van der Waals surface area contributed by atoms with Crippen LogP contribution in [0.15, 0.2) is 89.9 Å². The predicted molar refractivity (Wildman–Crippen MR) is 157 cm³/mol. The number of nitrogens with zero attached hydrogens (tertiary/aromatic N) is 2. The van der Waals surface area contributed by atoms with Gasteiger partial charge in [-0.1, -0.05) is 72.8 Å². The molecule has 2 atom stereocenters. The molecule has 4 rings (SSSR count). The van der Waals surface area contributed by atoms with Crippen LogP contribution in [0.25, 0.3) is 0 Å². The average molecular weight is 557 g/mol. The number of esters is 1. The summed E-state index contributed by atoms with van der Waals surface area (Å²) in [6.45, 7) is 4.27. The number of amides is 1. The van der Waals surface area contributed by atoms with Gasteiger partial charge >= 0.3 is 5.97 Å². The molecule has 3 aromatic carbocycles. The molecule has 1 amide bonds. The normalized spacial score (nSPS) is 15.7. The van der Waals surface area contributed by atoms with E-state index in [0.29, 0.717) is 29.6 Å². The van der Waals surface area contributed by atoms with E-state index in [1.165, 1.54) is 4.90 Å². The molecule has 1 heterocycles. The molecule has 41 heavy (non-hydrogen) atoms. The summed E-state index contributed by atoms with van der Waals surface area (Å²) in [5.74, 6) is 0.560. The Morgan fingerprint density at radius 1 is 1.05 bits per heavy atom. The van der Waals surface area contributed by atoms with E-state index in [9.17, 15) is 9.59 Å². The number of hydrogen-bond donors (Lipinski definition) is 0. The molecule has 0 unspecified atom stereocenters. The van der Waals surface area contributed by atoms with Gasteiger partial charge in [0, 0.05) is 31.1 Å². The molecule has 0 saturated heterocycles. The molecule has 3 aromatic rings. The van der Waals surface area contributed by atoms with Crippen molar-refractivity contribution in [1.82, 2.24) is 4.90 Å². The lowest BCUT2D eigenvalue weighted by Crippen LogP contribution is -2.51. The minimum atomic E-state index is -1.02. The number of aliphatic imine (C=N–C) groups is 1. The summed E-state index contributed by atoms with van der Waals surface area (Å²) in [7, 11) is 3.18. The Hall–Kier alpha value is -4.59. The van der Waals surface area contributed by atoms with Crippen molar-refractivity contribution in [2.45, 2.75) is 45.6 Å². The van der Waals surface area contributed by atoms with E-state index < -0.39 is 18.1 Å². The van der Waals surface area contributed by atoms with Crippen LogP contribution in [-0.2, 0) is 38.6 Å². The van der Waals surface area contributed by atoms with Crippen LogP contribution in [-0.4, -0.2) is 49.5 Å². The minimum absolute atomic E-state index is 0.165. The van der Waals surface area contributed by atoms with E-state index in [2.05, 4.69) is 4.99 Å². The van der Waals surface area contributed by atoms with Gasteiger partial charge < -0.3 is 23.8 Å². The average Bonchev–Trinajstić information content (AvgIpc) is 3.01. The second-order valence-electron chi connectivity index (χ2n) is 9.42. The first-order valence-electron chi connectivity index (χ1n) is 13.6. The van der Waals surface area contributed by atoms with Gasteiger partial charge in [-0.15, -0.1) is 0 Å². The molecule has 1 aliphatic rings. The second-order valence-corrected chi connectivity index (χ2v) is 9.42. The molecular weight excluding hydrogens is 520 g/mol. The fourth-order valence-electron chi connectivity index (χ4n) is 4.81. The number of methoxy groups -OCH3 is 1. The Kier molecular flexibility index (Phi) is 10.2. The summed E-state index contributed by atoms with van der Waals surface area (Å²) < 4.78 is 23.5. The van der Waals surface area contributed by atoms with E-state index >= 15 is 0 Å². The monoisotopic (exact) mass is 556 g/mol. The van der Waals surface area contributed by atoms with Crippen LogP contribution in [0.5, 0.6) is 11.5 Å². The largest absolute Gasteiger partial charge is 0.493 e. The van der Waals surface area contributed by atoms with Crippen molar-refractivity contribution >= 4 is 17.8 Å². The van der Waals surface area contributed by atoms with Gasteiger partial charge in [0.2, 0.25) is 12.0 Å². The highest BCUT2D eigenvalue weighted by Crippen LogP contribution is 2.40. The van der Waals surface area contributed by atoms with E-state index in [1.807, 2.05) is 79.7 Å². The number of ether oxygens (including phenoxy) is 4. The highest BCUT2D eigenvalue weighted by Gasteiger charge is 2.41. The third kappa shape index (κ3) is 6.95. The Labute approximate surface area is 241 Å². The van der Waals surface area contributed by atoms with Gasteiger partial charge in [-0.2, -0.15) is 0 Å². The maximum Gasteiger partial charge on any atom is 0.329 e. The Morgan fingerprint density at radius 2 is 1.76 bits per heavy atom. The summed E-state index contributed by atoms with van der Waals surface area (Å²) in [6, 6.07) is 21.9. The van der Waals surface area contributed by atoms with Gasteiger partial charge in [-0.05, 0) is 37.1 Å². The van der Waals surface area contributed by atoms with Gasteiger partial charge in [0.25, 0.3) is 5.91 Å². The number of rotatable bonds is 10. The summed E-state index contributed by atoms with van der Waals surface area (Å²) in [6.07, 6.45) is 2.67. The SMILES string of the molecule is C/C=C\C(=N/C)O[C@H](C(=O)N1Cc2ccc(OC)c(OCc3ccccc3)c2C[C@H]1C(=O)OCC)c1ccccc1. The lowest BCUT2D eigenvalue weighted by molar-refractivity contribution is -0.159. The molecule has 8 heteroatoms. The summed E-state index contributed by atoms with van der Waals surface area (Å²) in [5.41, 5.74) is 3.31. The van der Waals surface area contributed by atoms with Crippen LogP contribution in [0.2, 0.25) is 0 Å². The van der Waals surface area contributed by atoms with Crippen LogP contribution in [0, 0.1) is 0 Å². The maximum absolute atomic E-state index is 14.3. The van der Waals surface area contributed by atoms with Gasteiger partial charge in [0.05, 0.1) is 13.7 Å². The number of hydrogen-bond acceptors (Lipinski definition) is 7. The molecule has 0 N–H and O–H groups in total. The zero-order valence-corrected chi connectivity index (χ0v) is 23.9. The first-order chi connectivity index (χ1) is 20.0. The van der Waals surface area contributed by atoms with Crippen LogP contribution in [0.3, 0.4) is 0 Å². The molecule has 0 radical (unpaired) electrons. The quantitative estimate of drug-likeness (QED) is 0.187. The number of fused-ring (bicyclic) bond motifs is 1. The van der Waals surface area contributed by atoms with Gasteiger partial charge in [-0.3, -0.25) is 9.79 Å². The maximum atomic E-state index is 14.3. The number of allylic oxidation sites excluding steroid dienone is 1. The van der Waals surface area contributed by atoms with Crippen molar-refractivity contribution in [3.63, 3.8) is 0 Å². The predicted octanol–water partition coefficient (Wildman–Crippen LogP) is 5.45. The number of benzene rings is 3. The Balaban J connectivity index is 1.73. The number of carbonyl (C=O) groups excluding carboxylic acids is 2. The fourth-order valence-corrected chi connectivity index (χ4v) is 4.81. The number of carbonyl (C=O) groups is 2. The molecule has 8 nitrogen and oxygen atoms in total. The standard InChI is InChI=1S/C33H36N2O6/c1-5-13-29(34-3)41-30(24-16-11-8-12-17-24)32(36)35-21-25-18-19-28(38-4)31(40-22-23-14-9-7-10-15-23)26(25)20-27(35)33(37)39-6-2/h5,7-19,27,30H,6,20-22H2,1-4H3/b13-5-,34-29+/t27-,30-/m0/s1. The van der Waals surface area contributed by atoms with Crippen molar-refractivity contribution in [3.05, 3.63) is 107 Å². The van der Waals surface area contributed by atoms with E-state index in [1.54, 1.807) is 33.2 Å². The van der Waals surface area contributed by atoms with E-state index in [-0.39, 0.29) is 25.5 Å². The second kappa shape index (κ2) is 14.2. The van der Waals surface area contributed by atoms with E-state index in [4.69, 9.17) is 18.9 Å². The fraction of sp³-hybridized carbons (Fsp3) is 0.303. The Bertz CT molecular complexity index is 1390. The lowest BCUT2D eigenvalue weighted by Gasteiger charge is -2.38. The van der Waals surface area contributed by atoms with Gasteiger partial charge in [0.15, 0.2) is 11.5 Å². The van der Waals surface area contributed by atoms with Crippen molar-refractivity contribution < 1.29 is 28.5 Å². The van der Waals surface area contributed by atoms with Gasteiger partial charge in [0.1, 0.15) is 12.6 Å². The first kappa shape index (κ1) is 29.4. The third-order valence-electron chi connectivity index (χ3n) is 6.82. The molecule has 214 valence electrons. The van der Waals surface area contributed by atoms with Crippen molar-refractivity contribution in [3.8, 4) is 11.5 Å². The minimum Gasteiger partial charge on any atom is -0.493 e. The van der Waals surface area contributed by atoms with Crippen LogP contribution in [0.1, 0.15) is 42.2 Å². The summed E-state index contributed by atoms with van der Waals surface area (Å²) in [4.78, 5) is 33.3. The van der Waals surface area contributed by atoms with Crippen molar-refractivity contribution in [1.29, 1.82) is 0 Å². The van der Waals surface area contributed by atoms with Crippen molar-refractivity contribution in [2.75, 3.05) is 20.8 Å². The van der Waals surface area contributed by atoms with E-state index in [0.717, 1.165) is 16.7 Å². The third-order valence-corrected chi connectivity index (χ3v) is 6.82. The summed E-state index contributed by atoms with van der Waals surface area (Å²) >= 11 is 0. The first-order valence-corrected chi connectivity index (χ1v) is 13.6.